The molecule has 27 heavy (non-hydrogen) atoms. The van der Waals surface area contributed by atoms with Crippen LogP contribution < -0.4 is 0 Å². The van der Waals surface area contributed by atoms with Crippen LogP contribution >= 0.6 is 11.3 Å². The van der Waals surface area contributed by atoms with Crippen LogP contribution in [0, 0.1) is 5.82 Å². The van der Waals surface area contributed by atoms with Gasteiger partial charge in [0.05, 0.1) is 19.3 Å². The Labute approximate surface area is 160 Å². The Balaban J connectivity index is 1.52. The number of benzene rings is 2. The molecule has 0 bridgehead atoms. The van der Waals surface area contributed by atoms with Gasteiger partial charge in [0.15, 0.2) is 0 Å². The van der Waals surface area contributed by atoms with E-state index in [4.69, 9.17) is 4.74 Å². The standard InChI is InChI=1S/C21H20FNO3S/c22-17-4-2-15(3-5-17)18-7-9-23(21(24)25)12-19(18)26-13-14-1-6-20-16(11-14)8-10-27-20/h1-6,8,10-11,18-19H,7,9,12-13H2,(H,24,25). The summed E-state index contributed by atoms with van der Waals surface area (Å²) in [5.74, 6) is -0.227. The van der Waals surface area contributed by atoms with Crippen molar-refractivity contribution in [3.05, 3.63) is 70.9 Å². The van der Waals surface area contributed by atoms with E-state index in [2.05, 4.69) is 23.6 Å². The highest BCUT2D eigenvalue weighted by Gasteiger charge is 2.33. The molecule has 1 N–H and O–H groups in total. The number of ether oxygens (including phenoxy) is 1. The lowest BCUT2D eigenvalue weighted by molar-refractivity contribution is -0.0199. The predicted molar refractivity (Wildman–Crippen MR) is 104 cm³/mol. The first-order valence-electron chi connectivity index (χ1n) is 8.91. The number of carbonyl (C=O) groups is 1. The quantitative estimate of drug-likeness (QED) is 0.680. The fourth-order valence-electron chi connectivity index (χ4n) is 3.66. The minimum Gasteiger partial charge on any atom is -0.465 e. The Morgan fingerprint density at radius 1 is 1.22 bits per heavy atom. The van der Waals surface area contributed by atoms with Gasteiger partial charge in [-0.15, -0.1) is 11.3 Å². The number of likely N-dealkylation sites (tertiary alicyclic amines) is 1. The van der Waals surface area contributed by atoms with Crippen LogP contribution in [0.3, 0.4) is 0 Å². The van der Waals surface area contributed by atoms with Crippen LogP contribution in [0.25, 0.3) is 10.1 Å². The van der Waals surface area contributed by atoms with Crippen molar-refractivity contribution in [3.8, 4) is 0 Å². The van der Waals surface area contributed by atoms with Crippen molar-refractivity contribution in [2.24, 2.45) is 0 Å². The smallest absolute Gasteiger partial charge is 0.407 e. The summed E-state index contributed by atoms with van der Waals surface area (Å²) < 4.78 is 20.7. The van der Waals surface area contributed by atoms with E-state index < -0.39 is 6.09 Å². The summed E-state index contributed by atoms with van der Waals surface area (Å²) in [6.45, 7) is 1.19. The summed E-state index contributed by atoms with van der Waals surface area (Å²) in [4.78, 5) is 12.8. The van der Waals surface area contributed by atoms with E-state index >= 15 is 0 Å². The first-order chi connectivity index (χ1) is 13.1. The molecule has 0 saturated carbocycles. The molecule has 4 nitrogen and oxygen atoms in total. The van der Waals surface area contributed by atoms with Gasteiger partial charge in [-0.3, -0.25) is 0 Å². The molecule has 2 heterocycles. The summed E-state index contributed by atoms with van der Waals surface area (Å²) in [5.41, 5.74) is 2.05. The number of carboxylic acid groups (broad SMARTS) is 1. The minimum absolute atomic E-state index is 0.0473. The van der Waals surface area contributed by atoms with Gasteiger partial charge in [0.25, 0.3) is 0 Å². The van der Waals surface area contributed by atoms with Crippen LogP contribution in [0.5, 0.6) is 0 Å². The van der Waals surface area contributed by atoms with Crippen LogP contribution in [-0.4, -0.2) is 35.3 Å². The average Bonchev–Trinajstić information content (AvgIpc) is 3.14. The number of nitrogens with zero attached hydrogens (tertiary/aromatic N) is 1. The minimum atomic E-state index is -0.930. The second-order valence-electron chi connectivity index (χ2n) is 6.82. The van der Waals surface area contributed by atoms with Gasteiger partial charge in [0.2, 0.25) is 0 Å². The lowest BCUT2D eigenvalue weighted by Crippen LogP contribution is -2.46. The third-order valence-electron chi connectivity index (χ3n) is 5.11. The van der Waals surface area contributed by atoms with Crippen molar-refractivity contribution in [3.63, 3.8) is 0 Å². The zero-order chi connectivity index (χ0) is 18.8. The number of halogens is 1. The maximum Gasteiger partial charge on any atom is 0.407 e. The van der Waals surface area contributed by atoms with Crippen LogP contribution in [0.1, 0.15) is 23.5 Å². The third-order valence-corrected chi connectivity index (χ3v) is 6.01. The van der Waals surface area contributed by atoms with Gasteiger partial charge in [-0.05, 0) is 58.6 Å². The molecule has 1 saturated heterocycles. The van der Waals surface area contributed by atoms with E-state index in [-0.39, 0.29) is 17.8 Å². The summed E-state index contributed by atoms with van der Waals surface area (Å²) in [6.07, 6.45) is -0.536. The van der Waals surface area contributed by atoms with Crippen molar-refractivity contribution < 1.29 is 19.0 Å². The summed E-state index contributed by atoms with van der Waals surface area (Å²) in [6, 6.07) is 14.7. The fourth-order valence-corrected chi connectivity index (χ4v) is 4.43. The van der Waals surface area contributed by atoms with E-state index in [0.717, 1.165) is 11.1 Å². The van der Waals surface area contributed by atoms with Crippen molar-refractivity contribution in [1.29, 1.82) is 0 Å². The van der Waals surface area contributed by atoms with Crippen molar-refractivity contribution in [2.45, 2.75) is 25.0 Å². The molecule has 1 aliphatic heterocycles. The molecule has 0 radical (unpaired) electrons. The normalized spacial score (nSPS) is 20.1. The van der Waals surface area contributed by atoms with E-state index in [0.29, 0.717) is 26.1 Å². The summed E-state index contributed by atoms with van der Waals surface area (Å²) >= 11 is 1.70. The Morgan fingerprint density at radius 2 is 2.04 bits per heavy atom. The monoisotopic (exact) mass is 385 g/mol. The number of fused-ring (bicyclic) bond motifs is 1. The molecule has 2 aromatic carbocycles. The molecule has 1 aliphatic rings. The van der Waals surface area contributed by atoms with Gasteiger partial charge in [-0.2, -0.15) is 0 Å². The lowest BCUT2D eigenvalue weighted by atomic mass is 9.87. The molecule has 3 aromatic rings. The number of hydrogen-bond donors (Lipinski definition) is 1. The molecule has 1 fully saturated rings. The van der Waals surface area contributed by atoms with Crippen LogP contribution in [-0.2, 0) is 11.3 Å². The Morgan fingerprint density at radius 3 is 2.81 bits per heavy atom. The van der Waals surface area contributed by atoms with Gasteiger partial charge >= 0.3 is 6.09 Å². The highest BCUT2D eigenvalue weighted by molar-refractivity contribution is 7.17. The zero-order valence-corrected chi connectivity index (χ0v) is 15.5. The first kappa shape index (κ1) is 17.9. The number of rotatable bonds is 4. The molecule has 4 rings (SSSR count). The molecular weight excluding hydrogens is 365 g/mol. The molecule has 0 spiro atoms. The molecule has 0 aliphatic carbocycles. The summed E-state index contributed by atoms with van der Waals surface area (Å²) in [7, 11) is 0. The molecule has 140 valence electrons. The number of hydrogen-bond acceptors (Lipinski definition) is 3. The van der Waals surface area contributed by atoms with Gasteiger partial charge in [0, 0.05) is 17.2 Å². The molecule has 1 aromatic heterocycles. The largest absolute Gasteiger partial charge is 0.465 e. The molecular formula is C21H20FNO3S. The average molecular weight is 385 g/mol. The van der Waals surface area contributed by atoms with Gasteiger partial charge in [-0.25, -0.2) is 9.18 Å². The van der Waals surface area contributed by atoms with E-state index in [1.807, 2.05) is 6.07 Å². The second kappa shape index (κ2) is 7.66. The number of amides is 1. The van der Waals surface area contributed by atoms with Crippen molar-refractivity contribution >= 4 is 27.5 Å². The van der Waals surface area contributed by atoms with Gasteiger partial charge in [0.1, 0.15) is 5.82 Å². The second-order valence-corrected chi connectivity index (χ2v) is 7.77. The molecule has 2 unspecified atom stereocenters. The first-order valence-corrected chi connectivity index (χ1v) is 9.79. The molecule has 1 amide bonds. The highest BCUT2D eigenvalue weighted by atomic mass is 32.1. The maximum atomic E-state index is 13.3. The third kappa shape index (κ3) is 3.96. The topological polar surface area (TPSA) is 49.8 Å². The zero-order valence-electron chi connectivity index (χ0n) is 14.7. The SMILES string of the molecule is O=C(O)N1CCC(c2ccc(F)cc2)C(OCc2ccc3sccc3c2)C1. The number of piperidine rings is 1. The number of thiophene rings is 1. The van der Waals surface area contributed by atoms with Crippen LogP contribution in [0.15, 0.2) is 53.9 Å². The van der Waals surface area contributed by atoms with E-state index in [9.17, 15) is 14.3 Å². The fraction of sp³-hybridized carbons (Fsp3) is 0.286. The Kier molecular flexibility index (Phi) is 5.09. The lowest BCUT2D eigenvalue weighted by Gasteiger charge is -2.37. The molecule has 6 heteroatoms. The molecule has 2 atom stereocenters. The van der Waals surface area contributed by atoms with E-state index in [1.54, 1.807) is 23.5 Å². The predicted octanol–water partition coefficient (Wildman–Crippen LogP) is 5.09. The Bertz CT molecular complexity index is 940. The maximum absolute atomic E-state index is 13.3. The van der Waals surface area contributed by atoms with E-state index in [1.165, 1.54) is 27.1 Å². The van der Waals surface area contributed by atoms with Crippen molar-refractivity contribution in [2.75, 3.05) is 13.1 Å². The Hall–Kier alpha value is -2.44. The van der Waals surface area contributed by atoms with Crippen LogP contribution in [0.2, 0.25) is 0 Å². The summed E-state index contributed by atoms with van der Waals surface area (Å²) in [5, 5.41) is 12.6. The van der Waals surface area contributed by atoms with Gasteiger partial charge < -0.3 is 14.7 Å². The highest BCUT2D eigenvalue weighted by Crippen LogP contribution is 2.31. The van der Waals surface area contributed by atoms with Crippen molar-refractivity contribution in [1.82, 2.24) is 4.90 Å². The van der Waals surface area contributed by atoms with Crippen LogP contribution in [0.4, 0.5) is 9.18 Å². The van der Waals surface area contributed by atoms with Gasteiger partial charge in [-0.1, -0.05) is 18.2 Å².